The van der Waals surface area contributed by atoms with Gasteiger partial charge in [0.25, 0.3) is 0 Å². The van der Waals surface area contributed by atoms with Gasteiger partial charge in [0, 0.05) is 30.5 Å². The number of hydrogen-bond donors (Lipinski definition) is 2. The Kier molecular flexibility index (Phi) is 4.79. The van der Waals surface area contributed by atoms with Crippen molar-refractivity contribution in [2.45, 2.75) is 31.5 Å². The topological polar surface area (TPSA) is 103 Å². The van der Waals surface area contributed by atoms with Crippen LogP contribution in [0.3, 0.4) is 0 Å². The number of hydrogen-bond acceptors (Lipinski definition) is 5. The molecule has 6 nitrogen and oxygen atoms in total. The molecule has 0 spiro atoms. The highest BCUT2D eigenvalue weighted by Crippen LogP contribution is 2.31. The number of nitrogens with two attached hydrogens (primary N) is 1. The zero-order chi connectivity index (χ0) is 18.0. The van der Waals surface area contributed by atoms with E-state index in [9.17, 15) is 15.2 Å². The Morgan fingerprint density at radius 1 is 1.40 bits per heavy atom. The Balaban J connectivity index is 1.85. The molecule has 1 aromatic heterocycles. The molecule has 3 N–H and O–H groups in total. The van der Waals surface area contributed by atoms with Crippen molar-refractivity contribution in [3.05, 3.63) is 53.9 Å². The summed E-state index contributed by atoms with van der Waals surface area (Å²) in [6.07, 6.45) is 3.06. The van der Waals surface area contributed by atoms with E-state index in [0.717, 1.165) is 16.7 Å². The Labute approximate surface area is 146 Å². The van der Waals surface area contributed by atoms with E-state index in [1.165, 1.54) is 0 Å². The molecule has 1 aromatic carbocycles. The van der Waals surface area contributed by atoms with Crippen LogP contribution in [0.5, 0.6) is 0 Å². The monoisotopic (exact) mass is 336 g/mol. The standard InChI is InChI=1S/C19H20N4O2/c1-12(23-11-16(24)8-18(23)19(21)25)13-2-4-14(5-3-13)17-6-7-22-10-15(17)9-20/h2-7,10,12,16,18,24H,8,11H2,1H3,(H2,21,25)/t12-,16?,18?/m0/s1. The van der Waals surface area contributed by atoms with Crippen LogP contribution in [0.2, 0.25) is 0 Å². The van der Waals surface area contributed by atoms with Crippen molar-refractivity contribution in [2.24, 2.45) is 5.73 Å². The Morgan fingerprint density at radius 3 is 2.76 bits per heavy atom. The summed E-state index contributed by atoms with van der Waals surface area (Å²) in [6.45, 7) is 2.43. The first-order valence-electron chi connectivity index (χ1n) is 8.19. The summed E-state index contributed by atoms with van der Waals surface area (Å²) in [6, 6.07) is 11.3. The third-order valence-electron chi connectivity index (χ3n) is 4.79. The quantitative estimate of drug-likeness (QED) is 0.883. The largest absolute Gasteiger partial charge is 0.392 e. The van der Waals surface area contributed by atoms with E-state index in [1.807, 2.05) is 42.2 Å². The number of nitriles is 1. The Bertz CT molecular complexity index is 813. The SMILES string of the molecule is C[C@@H](c1ccc(-c2ccncc2C#N)cc1)N1CC(O)CC1C(N)=O. The molecule has 1 saturated heterocycles. The maximum absolute atomic E-state index is 11.6. The Morgan fingerprint density at radius 2 is 2.12 bits per heavy atom. The molecule has 1 fully saturated rings. The second-order valence-corrected chi connectivity index (χ2v) is 6.34. The molecule has 128 valence electrons. The fraction of sp³-hybridized carbons (Fsp3) is 0.316. The number of carbonyl (C=O) groups excluding carboxylic acids is 1. The molecule has 0 radical (unpaired) electrons. The minimum atomic E-state index is -0.533. The number of aromatic nitrogens is 1. The van der Waals surface area contributed by atoms with Crippen molar-refractivity contribution in [1.82, 2.24) is 9.88 Å². The van der Waals surface area contributed by atoms with Gasteiger partial charge in [0.1, 0.15) is 6.07 Å². The molecule has 1 amide bonds. The van der Waals surface area contributed by atoms with Crippen molar-refractivity contribution < 1.29 is 9.90 Å². The molecule has 2 unspecified atom stereocenters. The van der Waals surface area contributed by atoms with Crippen molar-refractivity contribution in [3.8, 4) is 17.2 Å². The van der Waals surface area contributed by atoms with Crippen molar-refractivity contribution in [1.29, 1.82) is 5.26 Å². The maximum atomic E-state index is 11.6. The summed E-state index contributed by atoms with van der Waals surface area (Å²) < 4.78 is 0. The highest BCUT2D eigenvalue weighted by molar-refractivity contribution is 5.80. The summed E-state index contributed by atoms with van der Waals surface area (Å²) >= 11 is 0. The first-order valence-corrected chi connectivity index (χ1v) is 8.19. The van der Waals surface area contributed by atoms with Gasteiger partial charge in [0.05, 0.1) is 17.7 Å². The third-order valence-corrected chi connectivity index (χ3v) is 4.79. The van der Waals surface area contributed by atoms with Gasteiger partial charge in [-0.25, -0.2) is 0 Å². The lowest BCUT2D eigenvalue weighted by Crippen LogP contribution is -2.41. The number of rotatable bonds is 4. The van der Waals surface area contributed by atoms with Gasteiger partial charge in [-0.1, -0.05) is 24.3 Å². The van der Waals surface area contributed by atoms with Crippen molar-refractivity contribution >= 4 is 5.91 Å². The molecule has 2 aromatic rings. The Hall–Kier alpha value is -2.75. The second kappa shape index (κ2) is 7.01. The summed E-state index contributed by atoms with van der Waals surface area (Å²) in [5.41, 5.74) is 8.79. The number of β-amino-alcohol motifs (C(OH)–C–C–N with tert-alkyl or cyclic N) is 1. The van der Waals surface area contributed by atoms with E-state index in [2.05, 4.69) is 11.1 Å². The molecule has 3 atom stereocenters. The van der Waals surface area contributed by atoms with E-state index in [-0.39, 0.29) is 6.04 Å². The molecule has 1 aliphatic rings. The summed E-state index contributed by atoms with van der Waals surface area (Å²) in [4.78, 5) is 17.6. The zero-order valence-electron chi connectivity index (χ0n) is 14.0. The first kappa shape index (κ1) is 17.1. The predicted molar refractivity (Wildman–Crippen MR) is 93.1 cm³/mol. The lowest BCUT2D eigenvalue weighted by Gasteiger charge is -2.29. The highest BCUT2D eigenvalue weighted by atomic mass is 16.3. The van der Waals surface area contributed by atoms with Gasteiger partial charge in [0.2, 0.25) is 5.91 Å². The average molecular weight is 336 g/mol. The molecule has 25 heavy (non-hydrogen) atoms. The van der Waals surface area contributed by atoms with Crippen LogP contribution in [0.4, 0.5) is 0 Å². The number of benzene rings is 1. The normalized spacial score (nSPS) is 21.6. The molecule has 1 aliphatic heterocycles. The highest BCUT2D eigenvalue weighted by Gasteiger charge is 2.37. The maximum Gasteiger partial charge on any atom is 0.234 e. The molecule has 0 aliphatic carbocycles. The summed E-state index contributed by atoms with van der Waals surface area (Å²) in [5.74, 6) is -0.407. The smallest absolute Gasteiger partial charge is 0.234 e. The predicted octanol–water partition coefficient (Wildman–Crippen LogP) is 1.60. The van der Waals surface area contributed by atoms with Crippen LogP contribution in [0.1, 0.15) is 30.5 Å². The zero-order valence-corrected chi connectivity index (χ0v) is 14.0. The number of primary amides is 1. The van der Waals surface area contributed by atoms with Crippen LogP contribution < -0.4 is 5.73 Å². The van der Waals surface area contributed by atoms with E-state index in [0.29, 0.717) is 18.5 Å². The number of likely N-dealkylation sites (tertiary alicyclic amines) is 1. The molecule has 6 heteroatoms. The van der Waals surface area contributed by atoms with Crippen LogP contribution >= 0.6 is 0 Å². The van der Waals surface area contributed by atoms with Gasteiger partial charge in [-0.05, 0) is 30.5 Å². The van der Waals surface area contributed by atoms with Gasteiger partial charge < -0.3 is 10.8 Å². The number of pyridine rings is 1. The van der Waals surface area contributed by atoms with Crippen LogP contribution in [0.25, 0.3) is 11.1 Å². The lowest BCUT2D eigenvalue weighted by molar-refractivity contribution is -0.122. The molecular weight excluding hydrogens is 316 g/mol. The van der Waals surface area contributed by atoms with E-state index >= 15 is 0 Å². The fourth-order valence-corrected chi connectivity index (χ4v) is 3.41. The fourth-order valence-electron chi connectivity index (χ4n) is 3.41. The number of amides is 1. The minimum absolute atomic E-state index is 0.0448. The van der Waals surface area contributed by atoms with Gasteiger partial charge in [-0.2, -0.15) is 5.26 Å². The molecule has 3 rings (SSSR count). The molecule has 0 bridgehead atoms. The van der Waals surface area contributed by atoms with E-state index in [4.69, 9.17) is 5.73 Å². The van der Waals surface area contributed by atoms with Gasteiger partial charge >= 0.3 is 0 Å². The minimum Gasteiger partial charge on any atom is -0.392 e. The third kappa shape index (κ3) is 3.38. The van der Waals surface area contributed by atoms with Crippen LogP contribution in [-0.4, -0.2) is 39.6 Å². The molecule has 2 heterocycles. The average Bonchev–Trinajstić information content (AvgIpc) is 3.03. The van der Waals surface area contributed by atoms with E-state index < -0.39 is 18.1 Å². The molecule has 0 saturated carbocycles. The van der Waals surface area contributed by atoms with Crippen LogP contribution in [-0.2, 0) is 4.79 Å². The number of aliphatic hydroxyl groups is 1. The number of carbonyl (C=O) groups is 1. The van der Waals surface area contributed by atoms with Gasteiger partial charge in [0.15, 0.2) is 0 Å². The van der Waals surface area contributed by atoms with Crippen molar-refractivity contribution in [3.63, 3.8) is 0 Å². The van der Waals surface area contributed by atoms with Gasteiger partial charge in [-0.3, -0.25) is 14.7 Å². The number of nitrogens with zero attached hydrogens (tertiary/aromatic N) is 3. The number of aliphatic hydroxyl groups excluding tert-OH is 1. The van der Waals surface area contributed by atoms with Crippen LogP contribution in [0, 0.1) is 11.3 Å². The van der Waals surface area contributed by atoms with E-state index in [1.54, 1.807) is 12.4 Å². The second-order valence-electron chi connectivity index (χ2n) is 6.34. The van der Waals surface area contributed by atoms with Crippen molar-refractivity contribution in [2.75, 3.05) is 6.54 Å². The first-order chi connectivity index (χ1) is 12.0. The summed E-state index contributed by atoms with van der Waals surface area (Å²) in [7, 11) is 0. The summed E-state index contributed by atoms with van der Waals surface area (Å²) in [5, 5.41) is 19.1. The lowest BCUT2D eigenvalue weighted by atomic mass is 9.98. The van der Waals surface area contributed by atoms with Crippen LogP contribution in [0.15, 0.2) is 42.7 Å². The van der Waals surface area contributed by atoms with Gasteiger partial charge in [-0.15, -0.1) is 0 Å². The molecular formula is C19H20N4O2.